The van der Waals surface area contributed by atoms with Crippen LogP contribution in [0.5, 0.6) is 11.5 Å². The summed E-state index contributed by atoms with van der Waals surface area (Å²) in [6, 6.07) is 2.79. The Morgan fingerprint density at radius 3 is 3.07 bits per heavy atom. The second kappa shape index (κ2) is 3.46. The molecule has 0 bridgehead atoms. The van der Waals surface area contributed by atoms with Gasteiger partial charge in [0, 0.05) is 24.1 Å². The minimum absolute atomic E-state index is 0.140. The van der Waals surface area contributed by atoms with Crippen molar-refractivity contribution in [3.63, 3.8) is 0 Å². The minimum atomic E-state index is -0.396. The number of benzene rings is 1. The summed E-state index contributed by atoms with van der Waals surface area (Å²) in [6.45, 7) is 0.572. The smallest absolute Gasteiger partial charge is 0.165 e. The molecule has 1 atom stereocenters. The van der Waals surface area contributed by atoms with Crippen molar-refractivity contribution in [2.24, 2.45) is 5.73 Å². The maximum Gasteiger partial charge on any atom is 0.165 e. The van der Waals surface area contributed by atoms with Crippen LogP contribution in [-0.2, 0) is 0 Å². The fraction of sp³-hybridized carbons (Fsp3) is 0.400. The Morgan fingerprint density at radius 1 is 1.57 bits per heavy atom. The van der Waals surface area contributed by atoms with Crippen LogP contribution < -0.4 is 15.2 Å². The van der Waals surface area contributed by atoms with Gasteiger partial charge in [-0.05, 0) is 6.07 Å². The van der Waals surface area contributed by atoms with Crippen LogP contribution in [0.25, 0.3) is 0 Å². The van der Waals surface area contributed by atoms with Crippen molar-refractivity contribution in [3.8, 4) is 11.5 Å². The third-order valence-electron chi connectivity index (χ3n) is 2.37. The van der Waals surface area contributed by atoms with Gasteiger partial charge in [-0.15, -0.1) is 0 Å². The van der Waals surface area contributed by atoms with Gasteiger partial charge < -0.3 is 15.2 Å². The lowest BCUT2D eigenvalue weighted by molar-refractivity contribution is 0.265. The first-order valence-electron chi connectivity index (χ1n) is 4.48. The summed E-state index contributed by atoms with van der Waals surface area (Å²) in [5, 5.41) is 0. The molecule has 0 amide bonds. The highest BCUT2D eigenvalue weighted by Gasteiger charge is 2.20. The molecule has 1 aliphatic rings. The van der Waals surface area contributed by atoms with Crippen molar-refractivity contribution in [1.82, 2.24) is 0 Å². The summed E-state index contributed by atoms with van der Waals surface area (Å²) in [5.41, 5.74) is 6.54. The highest BCUT2D eigenvalue weighted by atomic mass is 19.1. The number of hydrogen-bond donors (Lipinski definition) is 1. The number of nitrogens with two attached hydrogens (primary N) is 1. The van der Waals surface area contributed by atoms with E-state index in [-0.39, 0.29) is 11.8 Å². The Kier molecular flexibility index (Phi) is 2.29. The zero-order valence-corrected chi connectivity index (χ0v) is 7.92. The van der Waals surface area contributed by atoms with E-state index in [2.05, 4.69) is 0 Å². The van der Waals surface area contributed by atoms with Gasteiger partial charge in [-0.25, -0.2) is 4.39 Å². The van der Waals surface area contributed by atoms with E-state index in [9.17, 15) is 4.39 Å². The van der Waals surface area contributed by atoms with Crippen molar-refractivity contribution in [3.05, 3.63) is 23.5 Å². The number of ether oxygens (including phenoxy) is 2. The molecule has 0 spiro atoms. The van der Waals surface area contributed by atoms with Gasteiger partial charge in [0.1, 0.15) is 5.75 Å². The molecule has 0 aromatic heterocycles. The largest absolute Gasteiger partial charge is 0.494 e. The van der Waals surface area contributed by atoms with Crippen LogP contribution in [0.1, 0.15) is 18.0 Å². The van der Waals surface area contributed by atoms with Crippen LogP contribution >= 0.6 is 0 Å². The molecule has 0 saturated carbocycles. The predicted octanol–water partition coefficient (Wildman–Crippen LogP) is 1.62. The molecule has 2 rings (SSSR count). The molecule has 1 heterocycles. The number of hydrogen-bond acceptors (Lipinski definition) is 3. The molecule has 76 valence electrons. The monoisotopic (exact) mass is 197 g/mol. The van der Waals surface area contributed by atoms with Crippen molar-refractivity contribution < 1.29 is 13.9 Å². The molecule has 2 N–H and O–H groups in total. The molecule has 0 saturated heterocycles. The molecule has 1 aliphatic heterocycles. The molecule has 1 aromatic carbocycles. The quantitative estimate of drug-likeness (QED) is 0.744. The number of rotatable bonds is 1. The van der Waals surface area contributed by atoms with Crippen LogP contribution in [0.4, 0.5) is 4.39 Å². The van der Waals surface area contributed by atoms with Crippen LogP contribution in [0.3, 0.4) is 0 Å². The first kappa shape index (κ1) is 9.27. The van der Waals surface area contributed by atoms with Gasteiger partial charge in [0.05, 0.1) is 13.7 Å². The molecule has 1 aromatic rings. The summed E-state index contributed by atoms with van der Waals surface area (Å²) in [6.07, 6.45) is 0.721. The molecule has 3 nitrogen and oxygen atoms in total. The van der Waals surface area contributed by atoms with E-state index in [1.54, 1.807) is 6.07 Å². The van der Waals surface area contributed by atoms with E-state index < -0.39 is 5.82 Å². The molecule has 0 fully saturated rings. The molecular formula is C10H12FNO2. The summed E-state index contributed by atoms with van der Waals surface area (Å²) in [5.74, 6) is 0.423. The average molecular weight is 197 g/mol. The van der Waals surface area contributed by atoms with Gasteiger partial charge in [-0.2, -0.15) is 0 Å². The van der Waals surface area contributed by atoms with Gasteiger partial charge in [0.2, 0.25) is 0 Å². The molecule has 0 radical (unpaired) electrons. The molecule has 4 heteroatoms. The van der Waals surface area contributed by atoms with E-state index >= 15 is 0 Å². The Hall–Kier alpha value is -1.29. The normalized spacial score (nSPS) is 19.8. The lowest BCUT2D eigenvalue weighted by Gasteiger charge is -2.23. The first-order valence-corrected chi connectivity index (χ1v) is 4.48. The second-order valence-corrected chi connectivity index (χ2v) is 3.27. The van der Waals surface area contributed by atoms with E-state index in [4.69, 9.17) is 15.2 Å². The highest BCUT2D eigenvalue weighted by Crippen LogP contribution is 2.35. The summed E-state index contributed by atoms with van der Waals surface area (Å²) >= 11 is 0. The molecular weight excluding hydrogens is 185 g/mol. The van der Waals surface area contributed by atoms with Gasteiger partial charge in [-0.3, -0.25) is 0 Å². The predicted molar refractivity (Wildman–Crippen MR) is 50.0 cm³/mol. The van der Waals surface area contributed by atoms with E-state index in [1.165, 1.54) is 13.2 Å². The van der Waals surface area contributed by atoms with E-state index in [0.717, 1.165) is 12.0 Å². The van der Waals surface area contributed by atoms with Crippen molar-refractivity contribution in [1.29, 1.82) is 0 Å². The number of fused-ring (bicyclic) bond motifs is 1. The Bertz CT molecular complexity index is 354. The molecule has 1 unspecified atom stereocenters. The van der Waals surface area contributed by atoms with Gasteiger partial charge in [0.25, 0.3) is 0 Å². The van der Waals surface area contributed by atoms with Crippen LogP contribution in [0.15, 0.2) is 12.1 Å². The zero-order chi connectivity index (χ0) is 10.1. The molecule has 0 aliphatic carbocycles. The standard InChI is InChI=1S/C10H12FNO2/c1-13-10-5-9-6(4-7(10)11)8(12)2-3-14-9/h4-5,8H,2-3,12H2,1H3. The van der Waals surface area contributed by atoms with Crippen LogP contribution in [-0.4, -0.2) is 13.7 Å². The lowest BCUT2D eigenvalue weighted by atomic mass is 10.0. The van der Waals surface area contributed by atoms with Gasteiger partial charge in [-0.1, -0.05) is 0 Å². The highest BCUT2D eigenvalue weighted by molar-refractivity contribution is 5.44. The Balaban J connectivity index is 2.48. The van der Waals surface area contributed by atoms with E-state index in [1.807, 2.05) is 0 Å². The summed E-state index contributed by atoms with van der Waals surface area (Å²) in [4.78, 5) is 0. The average Bonchev–Trinajstić information content (AvgIpc) is 2.19. The van der Waals surface area contributed by atoms with Crippen LogP contribution in [0.2, 0.25) is 0 Å². The maximum absolute atomic E-state index is 13.3. The maximum atomic E-state index is 13.3. The number of halogens is 1. The first-order chi connectivity index (χ1) is 6.72. The Morgan fingerprint density at radius 2 is 2.36 bits per heavy atom. The summed E-state index contributed by atoms with van der Waals surface area (Å²) < 4.78 is 23.5. The third-order valence-corrected chi connectivity index (χ3v) is 2.37. The Labute approximate surface area is 81.6 Å². The van der Waals surface area contributed by atoms with Crippen molar-refractivity contribution in [2.45, 2.75) is 12.5 Å². The summed E-state index contributed by atoms with van der Waals surface area (Å²) in [7, 11) is 1.42. The van der Waals surface area contributed by atoms with Crippen molar-refractivity contribution >= 4 is 0 Å². The second-order valence-electron chi connectivity index (χ2n) is 3.27. The topological polar surface area (TPSA) is 44.5 Å². The third kappa shape index (κ3) is 1.42. The van der Waals surface area contributed by atoms with Gasteiger partial charge >= 0.3 is 0 Å². The fourth-order valence-corrected chi connectivity index (χ4v) is 1.57. The lowest BCUT2D eigenvalue weighted by Crippen LogP contribution is -2.20. The SMILES string of the molecule is COc1cc2c(cc1F)C(N)CCO2. The molecule has 14 heavy (non-hydrogen) atoms. The fourth-order valence-electron chi connectivity index (χ4n) is 1.57. The zero-order valence-electron chi connectivity index (χ0n) is 7.92. The minimum Gasteiger partial charge on any atom is -0.494 e. The van der Waals surface area contributed by atoms with E-state index in [0.29, 0.717) is 12.4 Å². The number of methoxy groups -OCH3 is 1. The van der Waals surface area contributed by atoms with Gasteiger partial charge in [0.15, 0.2) is 11.6 Å². The van der Waals surface area contributed by atoms with Crippen LogP contribution in [0, 0.1) is 5.82 Å². The van der Waals surface area contributed by atoms with Crippen molar-refractivity contribution in [2.75, 3.05) is 13.7 Å².